The minimum atomic E-state index is -4.83. The maximum atomic E-state index is 10.5. The molecule has 8 heteroatoms. The number of ketones is 1. The maximum absolute atomic E-state index is 10.5. The Hall–Kier alpha value is -0.300. The van der Waals surface area contributed by atoms with Crippen LogP contribution in [0.15, 0.2) is 0 Å². The van der Waals surface area contributed by atoms with Crippen LogP contribution >= 0.6 is 7.82 Å². The number of phosphoric acid groups is 1. The smallest absolute Gasteiger partial charge is 0.388 e. The van der Waals surface area contributed by atoms with Crippen LogP contribution in [0.4, 0.5) is 0 Å². The van der Waals surface area contributed by atoms with Crippen molar-refractivity contribution in [2.24, 2.45) is 0 Å². The van der Waals surface area contributed by atoms with Gasteiger partial charge < -0.3 is 20.0 Å². The molecule has 0 spiro atoms. The predicted octanol–water partition coefficient (Wildman–Crippen LogP) is -1.59. The Balaban J connectivity index is 4.35. The van der Waals surface area contributed by atoms with Crippen molar-refractivity contribution in [1.29, 1.82) is 0 Å². The van der Waals surface area contributed by atoms with E-state index in [-0.39, 0.29) is 0 Å². The zero-order valence-electron chi connectivity index (χ0n) is 7.75. The van der Waals surface area contributed by atoms with Gasteiger partial charge in [0.05, 0.1) is 7.98 Å². The van der Waals surface area contributed by atoms with E-state index in [1.807, 2.05) is 0 Å². The predicted molar refractivity (Wildman–Crippen MR) is 40.7 cm³/mol. The Labute approximate surface area is 75.6 Å². The van der Waals surface area contributed by atoms with Crippen molar-refractivity contribution in [2.45, 2.75) is 19.1 Å². The zero-order valence-corrected chi connectivity index (χ0v) is 7.64. The van der Waals surface area contributed by atoms with E-state index in [4.69, 9.17) is 21.4 Å². The van der Waals surface area contributed by atoms with Gasteiger partial charge in [-0.25, -0.2) is 4.57 Å². The number of aliphatic hydroxyl groups excluding tert-OH is 1. The quantitative estimate of drug-likeness (QED) is 0.407. The minimum absolute atomic E-state index is 0.906. The summed E-state index contributed by atoms with van der Waals surface area (Å²) in [6.45, 7) is -0.250. The number of aliphatic hydroxyl groups is 2. The average Bonchev–Trinajstić information content (AvgIpc) is 1.98. The van der Waals surface area contributed by atoms with Crippen LogP contribution in [0.2, 0.25) is 0 Å². The van der Waals surface area contributed by atoms with Gasteiger partial charge in [0.15, 0.2) is 5.78 Å². The van der Waals surface area contributed by atoms with Crippen molar-refractivity contribution >= 4 is 13.6 Å². The van der Waals surface area contributed by atoms with E-state index in [0.717, 1.165) is 6.92 Å². The summed E-state index contributed by atoms with van der Waals surface area (Å²) in [5.41, 5.74) is 0. The Kier molecular flexibility index (Phi) is 3.98. The molecule has 0 aliphatic heterocycles. The van der Waals surface area contributed by atoms with Gasteiger partial charge in [0.25, 0.3) is 0 Å². The molecule has 0 unspecified atom stereocenters. The molecule has 0 fully saturated rings. The topological polar surface area (TPSA) is 124 Å². The van der Waals surface area contributed by atoms with Gasteiger partial charge in [-0.2, -0.15) is 0 Å². The molecule has 78 valence electrons. The lowest BCUT2D eigenvalue weighted by Gasteiger charge is -2.15. The highest BCUT2D eigenvalue weighted by molar-refractivity contribution is 7.46. The van der Waals surface area contributed by atoms with Crippen molar-refractivity contribution in [1.82, 2.24) is 0 Å². The lowest BCUT2D eigenvalue weighted by Crippen LogP contribution is -2.35. The van der Waals surface area contributed by atoms with Gasteiger partial charge in [-0.1, -0.05) is 0 Å². The number of phosphoric ester groups is 1. The van der Waals surface area contributed by atoms with Gasteiger partial charge in [-0.15, -0.1) is 0 Å². The fourth-order valence-electron chi connectivity index (χ4n) is 0.464. The van der Waals surface area contributed by atoms with Crippen LogP contribution in [-0.2, 0) is 13.9 Å². The normalized spacial score (nSPS) is 20.2. The molecule has 0 saturated carbocycles. The minimum Gasteiger partial charge on any atom is -0.388 e. The van der Waals surface area contributed by atoms with E-state index in [2.05, 4.69) is 4.52 Å². The Morgan fingerprint density at radius 2 is 2.08 bits per heavy atom. The first-order chi connectivity index (χ1) is 6.06. The van der Waals surface area contributed by atoms with Crippen LogP contribution in [-0.4, -0.2) is 44.6 Å². The number of hydrogen-bond acceptors (Lipinski definition) is 5. The Morgan fingerprint density at radius 1 is 1.62 bits per heavy atom. The lowest BCUT2D eigenvalue weighted by atomic mass is 10.1. The Morgan fingerprint density at radius 3 is 2.38 bits per heavy atom. The first-order valence-corrected chi connectivity index (χ1v) is 4.70. The monoisotopic (exact) mass is 215 g/mol. The molecular formula is C5H11O7P. The molecule has 0 amide bonds. The largest absolute Gasteiger partial charge is 0.469 e. The molecule has 0 heterocycles. The molecule has 0 aliphatic carbocycles. The molecule has 0 radical (unpaired) electrons. The fraction of sp³-hybridized carbons (Fsp3) is 0.800. The first kappa shape index (κ1) is 10.8. The molecular weight excluding hydrogens is 203 g/mol. The Bertz CT molecular complexity index is 259. The van der Waals surface area contributed by atoms with E-state index in [1.54, 1.807) is 0 Å². The van der Waals surface area contributed by atoms with Crippen molar-refractivity contribution in [3.8, 4) is 0 Å². The van der Waals surface area contributed by atoms with E-state index in [1.165, 1.54) is 0 Å². The number of Topliss-reactive ketones (excluding diaryl/α,β-unsaturated/α-hetero) is 1. The van der Waals surface area contributed by atoms with Gasteiger partial charge in [0.1, 0.15) is 12.2 Å². The molecule has 0 saturated heterocycles. The molecule has 0 aromatic carbocycles. The van der Waals surface area contributed by atoms with Gasteiger partial charge >= 0.3 is 7.82 Å². The summed E-state index contributed by atoms with van der Waals surface area (Å²) < 4.78 is 20.9. The second kappa shape index (κ2) is 4.80. The second-order valence-electron chi connectivity index (χ2n) is 2.27. The maximum Gasteiger partial charge on any atom is 0.469 e. The van der Waals surface area contributed by atoms with Crippen LogP contribution in [0.5, 0.6) is 0 Å². The fourth-order valence-corrected chi connectivity index (χ4v) is 0.764. The highest BCUT2D eigenvalue weighted by Crippen LogP contribution is 2.35. The third kappa shape index (κ3) is 5.87. The molecule has 0 bridgehead atoms. The third-order valence-corrected chi connectivity index (χ3v) is 1.55. The van der Waals surface area contributed by atoms with Gasteiger partial charge in [-0.3, -0.25) is 9.32 Å². The van der Waals surface area contributed by atoms with Crippen LogP contribution in [0, 0.1) is 0 Å². The van der Waals surface area contributed by atoms with E-state index in [0.29, 0.717) is 0 Å². The van der Waals surface area contributed by atoms with Crippen molar-refractivity contribution in [2.75, 3.05) is 6.61 Å². The van der Waals surface area contributed by atoms with E-state index >= 15 is 0 Å². The summed E-state index contributed by atoms with van der Waals surface area (Å²) >= 11 is 0. The van der Waals surface area contributed by atoms with Crippen molar-refractivity contribution < 1.29 is 35.3 Å². The standard InChI is InChI=1S/C5H11O7P/c1-3(6)5(8)4(7)2-12-13(9,10)11/h4-5,7-8H,2H2,1H3,(H2,9,10,11)/t4-,5-/m1/s1/i4D. The molecule has 0 aliphatic rings. The lowest BCUT2D eigenvalue weighted by molar-refractivity contribution is -0.132. The van der Waals surface area contributed by atoms with Crippen molar-refractivity contribution in [3.05, 3.63) is 0 Å². The molecule has 0 aromatic rings. The number of carbonyl (C=O) groups excluding carboxylic acids is 1. The summed E-state index contributed by atoms with van der Waals surface area (Å²) in [4.78, 5) is 27.0. The van der Waals surface area contributed by atoms with Gasteiger partial charge in [-0.05, 0) is 6.92 Å². The summed E-state index contributed by atoms with van der Waals surface area (Å²) in [6, 6.07) is 0. The van der Waals surface area contributed by atoms with Crippen molar-refractivity contribution in [3.63, 3.8) is 0 Å². The average molecular weight is 215 g/mol. The van der Waals surface area contributed by atoms with Gasteiger partial charge in [0, 0.05) is 0 Å². The second-order valence-corrected chi connectivity index (χ2v) is 3.51. The summed E-state index contributed by atoms with van der Waals surface area (Å²) in [6.07, 6.45) is -4.85. The number of hydrogen-bond donors (Lipinski definition) is 4. The number of rotatable bonds is 5. The highest BCUT2D eigenvalue weighted by Gasteiger charge is 2.24. The van der Waals surface area contributed by atoms with E-state index in [9.17, 15) is 9.36 Å². The van der Waals surface area contributed by atoms with Crippen LogP contribution < -0.4 is 0 Å². The number of carbonyl (C=O) groups is 1. The summed E-state index contributed by atoms with van der Waals surface area (Å²) in [5, 5.41) is 18.0. The zero-order chi connectivity index (χ0) is 11.6. The van der Waals surface area contributed by atoms with Crippen LogP contribution in [0.25, 0.3) is 0 Å². The first-order valence-electron chi connectivity index (χ1n) is 3.67. The molecule has 4 N–H and O–H groups in total. The van der Waals surface area contributed by atoms with Gasteiger partial charge in [0.2, 0.25) is 0 Å². The summed E-state index contributed by atoms with van der Waals surface area (Å²) in [7, 11) is -4.83. The van der Waals surface area contributed by atoms with Crippen LogP contribution in [0.1, 0.15) is 8.29 Å². The molecule has 2 atom stereocenters. The molecule has 0 aromatic heterocycles. The van der Waals surface area contributed by atoms with E-state index < -0.39 is 32.4 Å². The SMILES string of the molecule is [2H][C@@](O)(COP(=O)(O)O)[C@H](O)C(C)=O. The summed E-state index contributed by atoms with van der Waals surface area (Å²) in [5.74, 6) is -0.906. The van der Waals surface area contributed by atoms with Crippen LogP contribution in [0.3, 0.4) is 0 Å². The molecule has 0 rings (SSSR count). The molecule has 7 nitrogen and oxygen atoms in total. The highest BCUT2D eigenvalue weighted by atomic mass is 31.2. The third-order valence-electron chi connectivity index (χ3n) is 1.08. The molecule has 13 heavy (non-hydrogen) atoms.